The number of aromatic nitrogens is 1. The van der Waals surface area contributed by atoms with E-state index in [0.29, 0.717) is 6.04 Å². The van der Waals surface area contributed by atoms with Gasteiger partial charge < -0.3 is 5.32 Å². The van der Waals surface area contributed by atoms with Crippen LogP contribution in [0.15, 0.2) is 11.6 Å². The highest BCUT2D eigenvalue weighted by molar-refractivity contribution is 7.09. The highest BCUT2D eigenvalue weighted by Gasteiger charge is 2.34. The van der Waals surface area contributed by atoms with E-state index >= 15 is 0 Å². The summed E-state index contributed by atoms with van der Waals surface area (Å²) in [6, 6.07) is 0.670. The molecule has 0 amide bonds. The summed E-state index contributed by atoms with van der Waals surface area (Å²) in [5, 5.41) is 7.00. The monoisotopic (exact) mass is 224 g/mol. The number of thiazole rings is 1. The highest BCUT2D eigenvalue weighted by atomic mass is 32.1. The van der Waals surface area contributed by atoms with Gasteiger partial charge in [0.1, 0.15) is 5.01 Å². The third kappa shape index (κ3) is 2.58. The van der Waals surface area contributed by atoms with E-state index in [2.05, 4.69) is 36.5 Å². The SMILES string of the molecule is CCC(NC(C)(C)c1nccs1)C1CC1. The third-order valence-electron chi connectivity index (χ3n) is 3.14. The largest absolute Gasteiger partial charge is 0.303 e. The van der Waals surface area contributed by atoms with Crippen LogP contribution >= 0.6 is 11.3 Å². The number of hydrogen-bond acceptors (Lipinski definition) is 3. The van der Waals surface area contributed by atoms with Crippen LogP contribution in [0, 0.1) is 5.92 Å². The van der Waals surface area contributed by atoms with Gasteiger partial charge in [-0.25, -0.2) is 4.98 Å². The van der Waals surface area contributed by atoms with Crippen LogP contribution in [0.5, 0.6) is 0 Å². The summed E-state index contributed by atoms with van der Waals surface area (Å²) in [5.41, 5.74) is 0.0252. The molecule has 15 heavy (non-hydrogen) atoms. The molecule has 2 nitrogen and oxygen atoms in total. The van der Waals surface area contributed by atoms with Gasteiger partial charge in [-0.2, -0.15) is 0 Å². The van der Waals surface area contributed by atoms with E-state index in [1.807, 2.05) is 6.20 Å². The Morgan fingerprint density at radius 3 is 2.80 bits per heavy atom. The van der Waals surface area contributed by atoms with Gasteiger partial charge in [0.25, 0.3) is 0 Å². The van der Waals surface area contributed by atoms with Crippen molar-refractivity contribution in [3.05, 3.63) is 16.6 Å². The molecule has 0 radical (unpaired) electrons. The van der Waals surface area contributed by atoms with Crippen molar-refractivity contribution in [2.24, 2.45) is 5.92 Å². The Morgan fingerprint density at radius 1 is 1.60 bits per heavy atom. The Kier molecular flexibility index (Phi) is 3.12. The van der Waals surface area contributed by atoms with Gasteiger partial charge in [0, 0.05) is 17.6 Å². The van der Waals surface area contributed by atoms with Crippen LogP contribution in [-0.4, -0.2) is 11.0 Å². The zero-order valence-corrected chi connectivity index (χ0v) is 10.6. The Labute approximate surface area is 96.1 Å². The van der Waals surface area contributed by atoms with Crippen LogP contribution < -0.4 is 5.32 Å². The molecule has 3 heteroatoms. The van der Waals surface area contributed by atoms with E-state index in [4.69, 9.17) is 0 Å². The van der Waals surface area contributed by atoms with E-state index in [1.165, 1.54) is 24.3 Å². The maximum Gasteiger partial charge on any atom is 0.112 e. The minimum Gasteiger partial charge on any atom is -0.303 e. The van der Waals surface area contributed by atoms with Gasteiger partial charge in [0.2, 0.25) is 0 Å². The molecule has 1 atom stereocenters. The molecule has 0 aromatic carbocycles. The fourth-order valence-corrected chi connectivity index (χ4v) is 2.84. The van der Waals surface area contributed by atoms with Crippen molar-refractivity contribution in [3.8, 4) is 0 Å². The van der Waals surface area contributed by atoms with E-state index in [9.17, 15) is 0 Å². The van der Waals surface area contributed by atoms with Gasteiger partial charge in [0.05, 0.1) is 5.54 Å². The van der Waals surface area contributed by atoms with Crippen molar-refractivity contribution in [3.63, 3.8) is 0 Å². The molecule has 1 aromatic rings. The lowest BCUT2D eigenvalue weighted by molar-refractivity contribution is 0.310. The molecular weight excluding hydrogens is 204 g/mol. The van der Waals surface area contributed by atoms with E-state index in [-0.39, 0.29) is 5.54 Å². The Hall–Kier alpha value is -0.410. The molecule has 0 saturated heterocycles. The average molecular weight is 224 g/mol. The predicted octanol–water partition coefficient (Wildman–Crippen LogP) is 3.16. The van der Waals surface area contributed by atoms with Gasteiger partial charge in [-0.15, -0.1) is 11.3 Å². The molecule has 1 heterocycles. The van der Waals surface area contributed by atoms with Crippen molar-refractivity contribution in [2.75, 3.05) is 0 Å². The normalized spacial score (nSPS) is 19.1. The average Bonchev–Trinajstić information content (AvgIpc) is 2.88. The molecule has 0 aliphatic heterocycles. The van der Waals surface area contributed by atoms with Crippen molar-refractivity contribution in [2.45, 2.75) is 51.6 Å². The van der Waals surface area contributed by atoms with Gasteiger partial charge in [-0.3, -0.25) is 0 Å². The molecule has 1 aromatic heterocycles. The summed E-state index contributed by atoms with van der Waals surface area (Å²) in [5.74, 6) is 0.911. The van der Waals surface area contributed by atoms with E-state index < -0.39 is 0 Å². The summed E-state index contributed by atoms with van der Waals surface area (Å²) in [6.45, 7) is 6.74. The standard InChI is InChI=1S/C12H20N2S/c1-4-10(9-5-6-9)14-12(2,3)11-13-7-8-15-11/h7-10,14H,4-6H2,1-3H3. The second kappa shape index (κ2) is 4.22. The summed E-state index contributed by atoms with van der Waals surface area (Å²) >= 11 is 1.74. The van der Waals surface area contributed by atoms with Crippen molar-refractivity contribution in [1.82, 2.24) is 10.3 Å². The first-order valence-corrected chi connectivity index (χ1v) is 6.69. The zero-order valence-electron chi connectivity index (χ0n) is 9.79. The highest BCUT2D eigenvalue weighted by Crippen LogP contribution is 2.36. The maximum atomic E-state index is 4.41. The van der Waals surface area contributed by atoms with Crippen LogP contribution in [0.4, 0.5) is 0 Å². The minimum absolute atomic E-state index is 0.0252. The lowest BCUT2D eigenvalue weighted by Crippen LogP contribution is -2.44. The smallest absolute Gasteiger partial charge is 0.112 e. The first kappa shape index (κ1) is 11.1. The Bertz CT molecular complexity index is 301. The van der Waals surface area contributed by atoms with E-state index in [0.717, 1.165) is 5.92 Å². The van der Waals surface area contributed by atoms with Gasteiger partial charge in [-0.1, -0.05) is 6.92 Å². The second-order valence-electron chi connectivity index (χ2n) is 4.96. The lowest BCUT2D eigenvalue weighted by Gasteiger charge is -2.30. The summed E-state index contributed by atoms with van der Waals surface area (Å²) in [6.07, 6.45) is 5.92. The molecular formula is C12H20N2S. The molecule has 0 spiro atoms. The molecule has 1 aliphatic carbocycles. The first-order chi connectivity index (χ1) is 7.13. The first-order valence-electron chi connectivity index (χ1n) is 5.81. The van der Waals surface area contributed by atoms with E-state index in [1.54, 1.807) is 11.3 Å². The third-order valence-corrected chi connectivity index (χ3v) is 4.24. The van der Waals surface area contributed by atoms with Crippen molar-refractivity contribution < 1.29 is 0 Å². The number of nitrogens with one attached hydrogen (secondary N) is 1. The molecule has 1 N–H and O–H groups in total. The Balaban J connectivity index is 2.02. The number of rotatable bonds is 5. The maximum absolute atomic E-state index is 4.41. The zero-order chi connectivity index (χ0) is 10.9. The molecule has 1 fully saturated rings. The Morgan fingerprint density at radius 2 is 2.33 bits per heavy atom. The quantitative estimate of drug-likeness (QED) is 0.831. The van der Waals surface area contributed by atoms with Crippen LogP contribution in [0.1, 0.15) is 45.0 Å². The van der Waals surface area contributed by atoms with Crippen LogP contribution in [0.3, 0.4) is 0 Å². The topological polar surface area (TPSA) is 24.9 Å². The molecule has 1 unspecified atom stereocenters. The van der Waals surface area contributed by atoms with Crippen molar-refractivity contribution >= 4 is 11.3 Å². The summed E-state index contributed by atoms with van der Waals surface area (Å²) in [4.78, 5) is 4.41. The number of nitrogens with zero attached hydrogens (tertiary/aromatic N) is 1. The summed E-state index contributed by atoms with van der Waals surface area (Å²) < 4.78 is 0. The minimum atomic E-state index is 0.0252. The number of hydrogen-bond donors (Lipinski definition) is 1. The second-order valence-corrected chi connectivity index (χ2v) is 5.85. The predicted molar refractivity (Wildman–Crippen MR) is 65.1 cm³/mol. The van der Waals surface area contributed by atoms with Crippen molar-refractivity contribution in [1.29, 1.82) is 0 Å². The van der Waals surface area contributed by atoms with Crippen LogP contribution in [0.25, 0.3) is 0 Å². The molecule has 0 bridgehead atoms. The molecule has 1 aliphatic rings. The fraction of sp³-hybridized carbons (Fsp3) is 0.750. The van der Waals surface area contributed by atoms with Gasteiger partial charge in [-0.05, 0) is 39.0 Å². The molecule has 2 rings (SSSR count). The molecule has 84 valence electrons. The van der Waals surface area contributed by atoms with Gasteiger partial charge >= 0.3 is 0 Å². The van der Waals surface area contributed by atoms with Crippen LogP contribution in [-0.2, 0) is 5.54 Å². The molecule has 1 saturated carbocycles. The fourth-order valence-electron chi connectivity index (χ4n) is 2.11. The lowest BCUT2D eigenvalue weighted by atomic mass is 10.0. The van der Waals surface area contributed by atoms with Gasteiger partial charge in [0.15, 0.2) is 0 Å². The summed E-state index contributed by atoms with van der Waals surface area (Å²) in [7, 11) is 0. The van der Waals surface area contributed by atoms with Crippen LogP contribution in [0.2, 0.25) is 0 Å².